The van der Waals surface area contributed by atoms with Crippen molar-refractivity contribution in [2.24, 2.45) is 0 Å². The minimum Gasteiger partial charge on any atom is -0.387 e. The summed E-state index contributed by atoms with van der Waals surface area (Å²) >= 11 is 6.01. The average Bonchev–Trinajstić information content (AvgIpc) is 2.95. The second-order valence-corrected chi connectivity index (χ2v) is 5.81. The molecular weight excluding hydrogens is 312 g/mol. The molecule has 1 unspecified atom stereocenters. The molecule has 118 valence electrons. The lowest BCUT2D eigenvalue weighted by Gasteiger charge is -2.13. The number of halogens is 1. The van der Waals surface area contributed by atoms with Crippen LogP contribution in [0.1, 0.15) is 11.7 Å². The first-order valence-electron chi connectivity index (χ1n) is 7.37. The van der Waals surface area contributed by atoms with Crippen molar-refractivity contribution in [1.29, 1.82) is 0 Å². The molecule has 3 aromatic rings. The number of hydrogen-bond acceptors (Lipinski definition) is 2. The van der Waals surface area contributed by atoms with E-state index < -0.39 is 6.10 Å². The SMILES string of the molecule is O=C(Cn1ccc2ccc(Cl)cc21)NCC(O)c1ccccc1. The average molecular weight is 329 g/mol. The molecule has 1 atom stereocenters. The van der Waals surface area contributed by atoms with Crippen LogP contribution in [0.5, 0.6) is 0 Å². The molecule has 4 nitrogen and oxygen atoms in total. The molecule has 0 aliphatic carbocycles. The maximum atomic E-state index is 12.1. The number of nitrogens with one attached hydrogen (secondary N) is 1. The topological polar surface area (TPSA) is 54.3 Å². The summed E-state index contributed by atoms with van der Waals surface area (Å²) in [6.45, 7) is 0.369. The van der Waals surface area contributed by atoms with Gasteiger partial charge in [-0.2, -0.15) is 0 Å². The number of aromatic nitrogens is 1. The second kappa shape index (κ2) is 6.86. The van der Waals surface area contributed by atoms with Crippen LogP contribution in [0.2, 0.25) is 5.02 Å². The minimum absolute atomic E-state index is 0.155. The van der Waals surface area contributed by atoms with Gasteiger partial charge in [0.1, 0.15) is 6.54 Å². The van der Waals surface area contributed by atoms with Crippen LogP contribution in [0, 0.1) is 0 Å². The van der Waals surface area contributed by atoms with Crippen molar-refractivity contribution >= 4 is 28.4 Å². The first kappa shape index (κ1) is 15.6. The highest BCUT2D eigenvalue weighted by Gasteiger charge is 2.10. The molecule has 0 spiro atoms. The molecule has 0 aliphatic rings. The van der Waals surface area contributed by atoms with E-state index in [0.717, 1.165) is 16.5 Å². The van der Waals surface area contributed by atoms with E-state index in [9.17, 15) is 9.90 Å². The van der Waals surface area contributed by atoms with Crippen LogP contribution in [0.4, 0.5) is 0 Å². The summed E-state index contributed by atoms with van der Waals surface area (Å²) in [5, 5.41) is 14.5. The van der Waals surface area contributed by atoms with Crippen molar-refractivity contribution in [2.45, 2.75) is 12.6 Å². The molecule has 5 heteroatoms. The van der Waals surface area contributed by atoms with E-state index in [4.69, 9.17) is 11.6 Å². The quantitative estimate of drug-likeness (QED) is 0.756. The Kier molecular flexibility index (Phi) is 4.65. The Labute approximate surface area is 139 Å². The Bertz CT molecular complexity index is 814. The van der Waals surface area contributed by atoms with Crippen LogP contribution < -0.4 is 5.32 Å². The maximum absolute atomic E-state index is 12.1. The summed E-state index contributed by atoms with van der Waals surface area (Å²) in [5.74, 6) is -0.155. The van der Waals surface area contributed by atoms with Crippen molar-refractivity contribution in [3.63, 3.8) is 0 Å². The third kappa shape index (κ3) is 3.73. The second-order valence-electron chi connectivity index (χ2n) is 5.38. The van der Waals surface area contributed by atoms with Crippen LogP contribution in [0.25, 0.3) is 10.9 Å². The van der Waals surface area contributed by atoms with Crippen molar-refractivity contribution < 1.29 is 9.90 Å². The number of aliphatic hydroxyl groups excluding tert-OH is 1. The van der Waals surface area contributed by atoms with Gasteiger partial charge in [-0.25, -0.2) is 0 Å². The fourth-order valence-corrected chi connectivity index (χ4v) is 2.68. The van der Waals surface area contributed by atoms with E-state index in [2.05, 4.69) is 5.32 Å². The third-order valence-electron chi connectivity index (χ3n) is 3.73. The standard InChI is InChI=1S/C18H17ClN2O2/c19-15-7-6-13-8-9-21(16(13)10-15)12-18(23)20-11-17(22)14-4-2-1-3-5-14/h1-10,17,22H,11-12H2,(H,20,23). The van der Waals surface area contributed by atoms with Gasteiger partial charge < -0.3 is 15.0 Å². The van der Waals surface area contributed by atoms with Crippen LogP contribution in [-0.4, -0.2) is 22.1 Å². The fourth-order valence-electron chi connectivity index (χ4n) is 2.51. The van der Waals surface area contributed by atoms with Gasteiger partial charge in [0.15, 0.2) is 0 Å². The van der Waals surface area contributed by atoms with Crippen LogP contribution in [0.15, 0.2) is 60.8 Å². The molecule has 0 aliphatic heterocycles. The van der Waals surface area contributed by atoms with Gasteiger partial charge in [0.05, 0.1) is 6.10 Å². The van der Waals surface area contributed by atoms with E-state index in [1.165, 1.54) is 0 Å². The Morgan fingerprint density at radius 3 is 2.74 bits per heavy atom. The molecule has 0 fully saturated rings. The Morgan fingerprint density at radius 2 is 1.96 bits per heavy atom. The number of hydrogen-bond donors (Lipinski definition) is 2. The van der Waals surface area contributed by atoms with E-state index in [1.807, 2.05) is 65.4 Å². The summed E-state index contributed by atoms with van der Waals surface area (Å²) < 4.78 is 1.84. The molecule has 2 aromatic carbocycles. The highest BCUT2D eigenvalue weighted by molar-refractivity contribution is 6.31. The molecule has 0 saturated carbocycles. The number of nitrogens with zero attached hydrogens (tertiary/aromatic N) is 1. The predicted molar refractivity (Wildman–Crippen MR) is 91.4 cm³/mol. The monoisotopic (exact) mass is 328 g/mol. The summed E-state index contributed by atoms with van der Waals surface area (Å²) in [5.41, 5.74) is 1.70. The number of benzene rings is 2. The lowest BCUT2D eigenvalue weighted by molar-refractivity contribution is -0.122. The van der Waals surface area contributed by atoms with E-state index in [-0.39, 0.29) is 19.0 Å². The Balaban J connectivity index is 1.62. The van der Waals surface area contributed by atoms with E-state index in [1.54, 1.807) is 0 Å². The number of carbonyl (C=O) groups excluding carboxylic acids is 1. The Morgan fingerprint density at radius 1 is 1.17 bits per heavy atom. The molecule has 0 saturated heterocycles. The van der Waals surface area contributed by atoms with Crippen LogP contribution >= 0.6 is 11.6 Å². The molecule has 1 amide bonds. The summed E-state index contributed by atoms with van der Waals surface area (Å²) in [4.78, 5) is 12.1. The highest BCUT2D eigenvalue weighted by Crippen LogP contribution is 2.20. The van der Waals surface area contributed by atoms with Gasteiger partial charge in [-0.1, -0.05) is 48.0 Å². The summed E-state index contributed by atoms with van der Waals surface area (Å²) in [6, 6.07) is 16.8. The largest absolute Gasteiger partial charge is 0.387 e. The fraction of sp³-hybridized carbons (Fsp3) is 0.167. The summed E-state index contributed by atoms with van der Waals surface area (Å²) in [6.07, 6.45) is 1.14. The molecule has 2 N–H and O–H groups in total. The normalized spacial score (nSPS) is 12.3. The minimum atomic E-state index is -0.712. The molecule has 1 aromatic heterocycles. The number of rotatable bonds is 5. The highest BCUT2D eigenvalue weighted by atomic mass is 35.5. The Hall–Kier alpha value is -2.30. The molecule has 1 heterocycles. The molecule has 23 heavy (non-hydrogen) atoms. The van der Waals surface area contributed by atoms with Gasteiger partial charge in [-0.3, -0.25) is 4.79 Å². The van der Waals surface area contributed by atoms with Gasteiger partial charge in [0.2, 0.25) is 5.91 Å². The van der Waals surface area contributed by atoms with Crippen LogP contribution in [-0.2, 0) is 11.3 Å². The van der Waals surface area contributed by atoms with Gasteiger partial charge >= 0.3 is 0 Å². The number of fused-ring (bicyclic) bond motifs is 1. The smallest absolute Gasteiger partial charge is 0.240 e. The van der Waals surface area contributed by atoms with Gasteiger partial charge in [-0.05, 0) is 29.1 Å². The van der Waals surface area contributed by atoms with Gasteiger partial charge in [0, 0.05) is 23.3 Å². The van der Waals surface area contributed by atoms with E-state index >= 15 is 0 Å². The third-order valence-corrected chi connectivity index (χ3v) is 3.96. The molecule has 0 radical (unpaired) electrons. The first-order chi connectivity index (χ1) is 11.1. The first-order valence-corrected chi connectivity index (χ1v) is 7.75. The zero-order chi connectivity index (χ0) is 16.2. The van der Waals surface area contributed by atoms with Crippen molar-refractivity contribution in [2.75, 3.05) is 6.54 Å². The van der Waals surface area contributed by atoms with Gasteiger partial charge in [0.25, 0.3) is 0 Å². The zero-order valence-electron chi connectivity index (χ0n) is 12.4. The molecular formula is C18H17ClN2O2. The van der Waals surface area contributed by atoms with E-state index in [0.29, 0.717) is 5.02 Å². The summed E-state index contributed by atoms with van der Waals surface area (Å²) in [7, 11) is 0. The predicted octanol–water partition coefficient (Wildman–Crippen LogP) is 3.14. The number of amides is 1. The number of aliphatic hydroxyl groups is 1. The van der Waals surface area contributed by atoms with Crippen LogP contribution in [0.3, 0.4) is 0 Å². The van der Waals surface area contributed by atoms with Gasteiger partial charge in [-0.15, -0.1) is 0 Å². The lowest BCUT2D eigenvalue weighted by atomic mass is 10.1. The zero-order valence-corrected chi connectivity index (χ0v) is 13.2. The molecule has 3 rings (SSSR count). The maximum Gasteiger partial charge on any atom is 0.240 e. The molecule has 0 bridgehead atoms. The number of carbonyl (C=O) groups is 1. The van der Waals surface area contributed by atoms with Crippen molar-refractivity contribution in [3.8, 4) is 0 Å². The van der Waals surface area contributed by atoms with Crippen molar-refractivity contribution in [1.82, 2.24) is 9.88 Å². The van der Waals surface area contributed by atoms with Crippen molar-refractivity contribution in [3.05, 3.63) is 71.4 Å². The lowest BCUT2D eigenvalue weighted by Crippen LogP contribution is -2.31.